The van der Waals surface area contributed by atoms with Crippen LogP contribution in [-0.2, 0) is 17.8 Å². The zero-order valence-electron chi connectivity index (χ0n) is 20.5. The molecule has 0 aliphatic heterocycles. The normalized spacial score (nSPS) is 13.0. The van der Waals surface area contributed by atoms with Crippen molar-refractivity contribution in [3.8, 4) is 5.75 Å². The molecule has 1 aliphatic carbocycles. The second kappa shape index (κ2) is 11.0. The average Bonchev–Trinajstić information content (AvgIpc) is 3.42. The number of H-pyrrole nitrogens is 1. The van der Waals surface area contributed by atoms with Crippen LogP contribution in [0.15, 0.2) is 72.2 Å². The largest absolute Gasteiger partial charge is 0.494 e. The standard InChI is InChI=1S/C29H31N3O3S/c1-2-35-24-13-9-21(10-14-24)19-31(16-15-22-18-30-26-7-4-3-6-25(22)26)28(33)20-32(23-11-12-23)29(34)27-8-5-17-36-27/h3-10,13-14,17-18,23,30H,2,11-12,15-16,19-20H2,1H3. The van der Waals surface area contributed by atoms with Gasteiger partial charge >= 0.3 is 0 Å². The Morgan fingerprint density at radius 2 is 1.86 bits per heavy atom. The number of nitrogens with one attached hydrogen (secondary N) is 1. The number of hydrogen-bond acceptors (Lipinski definition) is 4. The average molecular weight is 502 g/mol. The van der Waals surface area contributed by atoms with E-state index in [9.17, 15) is 9.59 Å². The number of amides is 2. The Kier molecular flexibility index (Phi) is 7.37. The van der Waals surface area contributed by atoms with Gasteiger partial charge in [-0.15, -0.1) is 11.3 Å². The number of carbonyl (C=O) groups is 2. The zero-order chi connectivity index (χ0) is 24.9. The van der Waals surface area contributed by atoms with Crippen molar-refractivity contribution in [2.45, 2.75) is 38.8 Å². The summed E-state index contributed by atoms with van der Waals surface area (Å²) in [6.07, 6.45) is 4.67. The van der Waals surface area contributed by atoms with Gasteiger partial charge in [0.25, 0.3) is 5.91 Å². The van der Waals surface area contributed by atoms with Crippen LogP contribution in [0.2, 0.25) is 0 Å². The van der Waals surface area contributed by atoms with Crippen molar-refractivity contribution < 1.29 is 14.3 Å². The minimum atomic E-state index is -0.0431. The molecule has 0 bridgehead atoms. The molecule has 4 aromatic rings. The number of para-hydroxylation sites is 1. The fourth-order valence-electron chi connectivity index (χ4n) is 4.50. The third kappa shape index (κ3) is 5.62. The molecule has 1 fully saturated rings. The van der Waals surface area contributed by atoms with Gasteiger partial charge in [-0.2, -0.15) is 0 Å². The molecule has 1 saturated carbocycles. The highest BCUT2D eigenvalue weighted by Gasteiger charge is 2.35. The lowest BCUT2D eigenvalue weighted by Crippen LogP contribution is -2.44. The Labute approximate surface area is 215 Å². The summed E-state index contributed by atoms with van der Waals surface area (Å²) in [4.78, 5) is 34.5. The number of carbonyl (C=O) groups excluding carboxylic acids is 2. The molecule has 186 valence electrons. The molecule has 0 spiro atoms. The zero-order valence-corrected chi connectivity index (χ0v) is 21.3. The van der Waals surface area contributed by atoms with Crippen molar-refractivity contribution in [3.05, 3.63) is 88.2 Å². The monoisotopic (exact) mass is 501 g/mol. The van der Waals surface area contributed by atoms with E-state index in [-0.39, 0.29) is 24.4 Å². The van der Waals surface area contributed by atoms with Gasteiger partial charge in [-0.1, -0.05) is 36.4 Å². The molecule has 2 heterocycles. The first-order valence-electron chi connectivity index (χ1n) is 12.5. The summed E-state index contributed by atoms with van der Waals surface area (Å²) in [5, 5.41) is 3.08. The summed E-state index contributed by atoms with van der Waals surface area (Å²) in [5.41, 5.74) is 3.32. The number of ether oxygens (including phenoxy) is 1. The van der Waals surface area contributed by atoms with E-state index in [1.165, 1.54) is 22.3 Å². The van der Waals surface area contributed by atoms with Crippen LogP contribution in [0, 0.1) is 0 Å². The van der Waals surface area contributed by atoms with Crippen LogP contribution in [0.1, 0.15) is 40.6 Å². The molecule has 7 heteroatoms. The van der Waals surface area contributed by atoms with E-state index in [0.717, 1.165) is 36.1 Å². The van der Waals surface area contributed by atoms with Crippen LogP contribution in [-0.4, -0.2) is 52.3 Å². The highest BCUT2D eigenvalue weighted by molar-refractivity contribution is 7.12. The van der Waals surface area contributed by atoms with E-state index in [4.69, 9.17) is 4.74 Å². The molecule has 36 heavy (non-hydrogen) atoms. The van der Waals surface area contributed by atoms with Gasteiger partial charge in [0, 0.05) is 36.2 Å². The Bertz CT molecular complexity index is 1310. The van der Waals surface area contributed by atoms with Crippen LogP contribution in [0.4, 0.5) is 0 Å². The predicted molar refractivity (Wildman–Crippen MR) is 143 cm³/mol. The van der Waals surface area contributed by atoms with Gasteiger partial charge in [0.15, 0.2) is 0 Å². The molecule has 0 atom stereocenters. The molecule has 5 rings (SSSR count). The summed E-state index contributed by atoms with van der Waals surface area (Å²) < 4.78 is 5.57. The molecule has 1 aliphatic rings. The maximum Gasteiger partial charge on any atom is 0.264 e. The number of thiophene rings is 1. The lowest BCUT2D eigenvalue weighted by Gasteiger charge is -2.28. The van der Waals surface area contributed by atoms with Gasteiger partial charge in [0.2, 0.25) is 5.91 Å². The molecule has 2 amide bonds. The topological polar surface area (TPSA) is 65.6 Å². The minimum Gasteiger partial charge on any atom is -0.494 e. The summed E-state index contributed by atoms with van der Waals surface area (Å²) in [6, 6.07) is 20.0. The molecule has 6 nitrogen and oxygen atoms in total. The number of nitrogens with zero attached hydrogens (tertiary/aromatic N) is 2. The first-order valence-corrected chi connectivity index (χ1v) is 13.4. The van der Waals surface area contributed by atoms with Gasteiger partial charge in [-0.3, -0.25) is 9.59 Å². The molecule has 1 N–H and O–H groups in total. The Hall–Kier alpha value is -3.58. The number of fused-ring (bicyclic) bond motifs is 1. The van der Waals surface area contributed by atoms with Crippen molar-refractivity contribution >= 4 is 34.1 Å². The van der Waals surface area contributed by atoms with E-state index < -0.39 is 0 Å². The SMILES string of the molecule is CCOc1ccc(CN(CCc2c[nH]c3ccccc23)C(=O)CN(C(=O)c2cccs2)C2CC2)cc1. The van der Waals surface area contributed by atoms with Gasteiger partial charge in [0.05, 0.1) is 11.5 Å². The van der Waals surface area contributed by atoms with Crippen LogP contribution < -0.4 is 4.74 Å². The molecule has 0 saturated heterocycles. The van der Waals surface area contributed by atoms with E-state index in [1.54, 1.807) is 4.90 Å². The lowest BCUT2D eigenvalue weighted by molar-refractivity contribution is -0.132. The molecule has 0 radical (unpaired) electrons. The molecule has 0 unspecified atom stereocenters. The number of rotatable bonds is 11. The Morgan fingerprint density at radius 1 is 1.06 bits per heavy atom. The summed E-state index contributed by atoms with van der Waals surface area (Å²) in [6.45, 7) is 3.73. The summed E-state index contributed by atoms with van der Waals surface area (Å²) in [5.74, 6) is 0.749. The maximum absolute atomic E-state index is 13.7. The van der Waals surface area contributed by atoms with Crippen molar-refractivity contribution in [2.24, 2.45) is 0 Å². The Morgan fingerprint density at radius 3 is 2.58 bits per heavy atom. The van der Waals surface area contributed by atoms with Crippen molar-refractivity contribution in [2.75, 3.05) is 19.7 Å². The van der Waals surface area contributed by atoms with Gasteiger partial charge in [-0.05, 0) is 67.0 Å². The van der Waals surface area contributed by atoms with Crippen molar-refractivity contribution in [1.29, 1.82) is 0 Å². The number of benzene rings is 2. The quantitative estimate of drug-likeness (QED) is 0.295. The highest BCUT2D eigenvalue weighted by atomic mass is 32.1. The lowest BCUT2D eigenvalue weighted by atomic mass is 10.1. The first kappa shape index (κ1) is 24.1. The number of aromatic nitrogens is 1. The van der Waals surface area contributed by atoms with Gasteiger partial charge < -0.3 is 19.5 Å². The van der Waals surface area contributed by atoms with Crippen LogP contribution in [0.5, 0.6) is 5.75 Å². The molecule has 2 aromatic heterocycles. The molecular formula is C29H31N3O3S. The third-order valence-electron chi connectivity index (χ3n) is 6.57. The summed E-state index contributed by atoms with van der Waals surface area (Å²) in [7, 11) is 0. The number of aromatic amines is 1. The predicted octanol–water partition coefficient (Wildman–Crippen LogP) is 5.50. The number of hydrogen-bond donors (Lipinski definition) is 1. The van der Waals surface area contributed by atoms with E-state index in [1.807, 2.05) is 71.9 Å². The smallest absolute Gasteiger partial charge is 0.264 e. The second-order valence-corrected chi connectivity index (χ2v) is 10.1. The highest BCUT2D eigenvalue weighted by Crippen LogP contribution is 2.29. The fraction of sp³-hybridized carbons (Fsp3) is 0.310. The van der Waals surface area contributed by atoms with Crippen LogP contribution in [0.25, 0.3) is 10.9 Å². The van der Waals surface area contributed by atoms with Gasteiger partial charge in [-0.25, -0.2) is 0 Å². The minimum absolute atomic E-state index is 0.0273. The van der Waals surface area contributed by atoms with Crippen LogP contribution >= 0.6 is 11.3 Å². The molecule has 2 aromatic carbocycles. The maximum atomic E-state index is 13.7. The van der Waals surface area contributed by atoms with E-state index in [2.05, 4.69) is 17.1 Å². The fourth-order valence-corrected chi connectivity index (χ4v) is 5.18. The van der Waals surface area contributed by atoms with E-state index >= 15 is 0 Å². The Balaban J connectivity index is 1.34. The second-order valence-electron chi connectivity index (χ2n) is 9.14. The first-order chi connectivity index (χ1) is 17.6. The van der Waals surface area contributed by atoms with Crippen molar-refractivity contribution in [1.82, 2.24) is 14.8 Å². The van der Waals surface area contributed by atoms with Crippen molar-refractivity contribution in [3.63, 3.8) is 0 Å². The van der Waals surface area contributed by atoms with E-state index in [0.29, 0.717) is 24.6 Å². The third-order valence-corrected chi connectivity index (χ3v) is 7.43. The molecular weight excluding hydrogens is 470 g/mol. The van der Waals surface area contributed by atoms with Crippen LogP contribution in [0.3, 0.4) is 0 Å². The summed E-state index contributed by atoms with van der Waals surface area (Å²) >= 11 is 1.43. The van der Waals surface area contributed by atoms with Gasteiger partial charge in [0.1, 0.15) is 12.3 Å².